The third-order valence-electron chi connectivity index (χ3n) is 5.02. The van der Waals surface area contributed by atoms with E-state index in [0.29, 0.717) is 18.7 Å². The number of nitrogens with zero attached hydrogens (tertiary/aromatic N) is 2. The number of ether oxygens (including phenoxy) is 1. The molecule has 1 amide bonds. The summed E-state index contributed by atoms with van der Waals surface area (Å²) in [5.74, 6) is -0.139. The topological polar surface area (TPSA) is 78.9 Å². The van der Waals surface area contributed by atoms with Crippen molar-refractivity contribution >= 4 is 38.9 Å². The Labute approximate surface area is 186 Å². The molecule has 0 saturated carbocycles. The lowest BCUT2D eigenvalue weighted by atomic mass is 10.1. The third-order valence-corrected chi connectivity index (χ3v) is 7.69. The van der Waals surface area contributed by atoms with Crippen LogP contribution in [0.15, 0.2) is 35.2 Å². The first-order valence-corrected chi connectivity index (χ1v) is 12.3. The number of carbonyl (C=O) groups excluding carboxylic acids is 1. The number of thiophene rings is 1. The summed E-state index contributed by atoms with van der Waals surface area (Å²) in [5, 5.41) is 0. The molecule has 0 spiro atoms. The van der Waals surface area contributed by atoms with Crippen molar-refractivity contribution in [2.45, 2.75) is 18.4 Å². The Morgan fingerprint density at radius 2 is 1.93 bits per heavy atom. The minimum Gasteiger partial charge on any atom is -0.383 e. The highest BCUT2D eigenvalue weighted by atomic mass is 35.5. The molecule has 2 aromatic rings. The van der Waals surface area contributed by atoms with Gasteiger partial charge in [0.05, 0.1) is 15.8 Å². The molecule has 1 aromatic heterocycles. The van der Waals surface area contributed by atoms with Gasteiger partial charge in [0, 0.05) is 56.8 Å². The molecule has 0 aliphatic carbocycles. The van der Waals surface area contributed by atoms with E-state index in [1.807, 2.05) is 19.1 Å². The minimum absolute atomic E-state index is 0.0840. The highest BCUT2D eigenvalue weighted by molar-refractivity contribution is 7.89. The van der Waals surface area contributed by atoms with Crippen LogP contribution in [0.2, 0.25) is 4.34 Å². The van der Waals surface area contributed by atoms with E-state index in [0.717, 1.165) is 29.5 Å². The second-order valence-corrected chi connectivity index (χ2v) is 10.7. The average Bonchev–Trinajstić information content (AvgIpc) is 3.13. The van der Waals surface area contributed by atoms with Crippen molar-refractivity contribution in [2.24, 2.45) is 0 Å². The highest BCUT2D eigenvalue weighted by Crippen LogP contribution is 2.23. The van der Waals surface area contributed by atoms with Crippen LogP contribution < -0.4 is 4.72 Å². The summed E-state index contributed by atoms with van der Waals surface area (Å²) in [7, 11) is -2.19. The standard InChI is InChI=1S/C20H26ClN3O4S2/c1-15-3-5-17(30(26,27)22-7-12-28-2)13-18(15)20(25)24-10-8-23(9-11-24)14-16-4-6-19(21)29-16/h3-6,13,22H,7-12,14H2,1-2H3. The number of benzene rings is 1. The van der Waals surface area contributed by atoms with E-state index in [1.165, 1.54) is 24.1 Å². The van der Waals surface area contributed by atoms with Gasteiger partial charge in [0.2, 0.25) is 10.0 Å². The molecule has 1 aromatic carbocycles. The van der Waals surface area contributed by atoms with Crippen LogP contribution in [-0.4, -0.2) is 70.6 Å². The molecule has 0 bridgehead atoms. The zero-order valence-corrected chi connectivity index (χ0v) is 19.4. The number of halogens is 1. The quantitative estimate of drug-likeness (QED) is 0.599. The van der Waals surface area contributed by atoms with E-state index in [9.17, 15) is 13.2 Å². The first kappa shape index (κ1) is 23.2. The van der Waals surface area contributed by atoms with E-state index in [1.54, 1.807) is 22.3 Å². The Morgan fingerprint density at radius 3 is 2.57 bits per heavy atom. The van der Waals surface area contributed by atoms with E-state index in [2.05, 4.69) is 9.62 Å². The van der Waals surface area contributed by atoms with Crippen LogP contribution in [0.5, 0.6) is 0 Å². The van der Waals surface area contributed by atoms with Gasteiger partial charge in [0.25, 0.3) is 5.91 Å². The van der Waals surface area contributed by atoms with Gasteiger partial charge in [-0.3, -0.25) is 9.69 Å². The molecule has 1 N–H and O–H groups in total. The van der Waals surface area contributed by atoms with Crippen molar-refractivity contribution in [1.82, 2.24) is 14.5 Å². The number of methoxy groups -OCH3 is 1. The fourth-order valence-corrected chi connectivity index (χ4v) is 5.47. The zero-order chi connectivity index (χ0) is 21.7. The largest absolute Gasteiger partial charge is 0.383 e. The summed E-state index contributed by atoms with van der Waals surface area (Å²) >= 11 is 7.57. The monoisotopic (exact) mass is 471 g/mol. The molecule has 1 fully saturated rings. The molecule has 164 valence electrons. The Morgan fingerprint density at radius 1 is 1.20 bits per heavy atom. The van der Waals surface area contributed by atoms with Crippen LogP contribution in [-0.2, 0) is 21.3 Å². The van der Waals surface area contributed by atoms with E-state index < -0.39 is 10.0 Å². The number of hydrogen-bond acceptors (Lipinski definition) is 6. The van der Waals surface area contributed by atoms with Crippen molar-refractivity contribution in [2.75, 3.05) is 46.4 Å². The van der Waals surface area contributed by atoms with Crippen LogP contribution in [0.4, 0.5) is 0 Å². The van der Waals surface area contributed by atoms with Gasteiger partial charge < -0.3 is 9.64 Å². The van der Waals surface area contributed by atoms with Crippen molar-refractivity contribution in [1.29, 1.82) is 0 Å². The molecule has 10 heteroatoms. The summed E-state index contributed by atoms with van der Waals surface area (Å²) in [6.45, 7) is 5.80. The number of piperazine rings is 1. The molecule has 1 saturated heterocycles. The molecular weight excluding hydrogens is 446 g/mol. The Hall–Kier alpha value is -1.49. The van der Waals surface area contributed by atoms with Crippen molar-refractivity contribution in [3.8, 4) is 0 Å². The number of aryl methyl sites for hydroxylation is 1. The second kappa shape index (κ2) is 10.2. The van der Waals surface area contributed by atoms with Crippen LogP contribution in [0, 0.1) is 6.92 Å². The van der Waals surface area contributed by atoms with Crippen molar-refractivity contribution in [3.05, 3.63) is 50.7 Å². The predicted molar refractivity (Wildman–Crippen MR) is 119 cm³/mol. The van der Waals surface area contributed by atoms with Crippen LogP contribution >= 0.6 is 22.9 Å². The number of carbonyl (C=O) groups is 1. The number of rotatable bonds is 8. The molecule has 1 aliphatic heterocycles. The Bertz CT molecular complexity index is 986. The summed E-state index contributed by atoms with van der Waals surface area (Å²) in [5.41, 5.74) is 1.18. The first-order valence-electron chi connectivity index (χ1n) is 9.65. The normalized spacial score (nSPS) is 15.5. The van der Waals surface area contributed by atoms with Crippen molar-refractivity contribution in [3.63, 3.8) is 0 Å². The Kier molecular flexibility index (Phi) is 7.89. The van der Waals surface area contributed by atoms with Crippen LogP contribution in [0.1, 0.15) is 20.8 Å². The lowest BCUT2D eigenvalue weighted by molar-refractivity contribution is 0.0628. The second-order valence-electron chi connectivity index (χ2n) is 7.14. The average molecular weight is 472 g/mol. The molecule has 7 nitrogen and oxygen atoms in total. The van der Waals surface area contributed by atoms with Gasteiger partial charge in [0.1, 0.15) is 0 Å². The van der Waals surface area contributed by atoms with Crippen LogP contribution in [0.25, 0.3) is 0 Å². The van der Waals surface area contributed by atoms with Gasteiger partial charge in [-0.15, -0.1) is 11.3 Å². The molecule has 0 atom stereocenters. The summed E-state index contributed by atoms with van der Waals surface area (Å²) in [6, 6.07) is 8.59. The van der Waals surface area contributed by atoms with Gasteiger partial charge in [-0.1, -0.05) is 17.7 Å². The maximum absolute atomic E-state index is 13.1. The fraction of sp³-hybridized carbons (Fsp3) is 0.450. The van der Waals surface area contributed by atoms with E-state index >= 15 is 0 Å². The van der Waals surface area contributed by atoms with Crippen molar-refractivity contribution < 1.29 is 17.9 Å². The van der Waals surface area contributed by atoms with E-state index in [4.69, 9.17) is 16.3 Å². The molecule has 30 heavy (non-hydrogen) atoms. The van der Waals surface area contributed by atoms with Gasteiger partial charge >= 0.3 is 0 Å². The maximum Gasteiger partial charge on any atom is 0.254 e. The molecular formula is C20H26ClN3O4S2. The molecule has 3 rings (SSSR count). The highest BCUT2D eigenvalue weighted by Gasteiger charge is 2.25. The SMILES string of the molecule is COCCNS(=O)(=O)c1ccc(C)c(C(=O)N2CCN(Cc3ccc(Cl)s3)CC2)c1. The summed E-state index contributed by atoms with van der Waals surface area (Å²) < 4.78 is 33.1. The summed E-state index contributed by atoms with van der Waals surface area (Å²) in [4.78, 5) is 18.5. The first-order chi connectivity index (χ1) is 14.3. The number of sulfonamides is 1. The molecule has 0 unspecified atom stereocenters. The fourth-order valence-electron chi connectivity index (χ4n) is 3.30. The lowest BCUT2D eigenvalue weighted by Crippen LogP contribution is -2.48. The molecule has 1 aliphatic rings. The maximum atomic E-state index is 13.1. The Balaban J connectivity index is 1.65. The smallest absolute Gasteiger partial charge is 0.254 e. The lowest BCUT2D eigenvalue weighted by Gasteiger charge is -2.34. The van der Waals surface area contributed by atoms with Gasteiger partial charge in [-0.25, -0.2) is 13.1 Å². The van der Waals surface area contributed by atoms with Crippen LogP contribution in [0.3, 0.4) is 0 Å². The molecule has 0 radical (unpaired) electrons. The van der Waals surface area contributed by atoms with Gasteiger partial charge in [0.15, 0.2) is 0 Å². The van der Waals surface area contributed by atoms with Gasteiger partial charge in [-0.2, -0.15) is 0 Å². The third kappa shape index (κ3) is 5.81. The predicted octanol–water partition coefficient (Wildman–Crippen LogP) is 2.59. The minimum atomic E-state index is -3.70. The van der Waals surface area contributed by atoms with E-state index in [-0.39, 0.29) is 24.0 Å². The zero-order valence-electron chi connectivity index (χ0n) is 17.1. The number of hydrogen-bond donors (Lipinski definition) is 1. The van der Waals surface area contributed by atoms with Gasteiger partial charge in [-0.05, 0) is 36.8 Å². The number of amides is 1. The molecule has 2 heterocycles. The number of nitrogens with one attached hydrogen (secondary N) is 1. The summed E-state index contributed by atoms with van der Waals surface area (Å²) in [6.07, 6.45) is 0.